The molecule has 0 aromatic rings. The van der Waals surface area contributed by atoms with Gasteiger partial charge in [-0.25, -0.2) is 9.59 Å². The topological polar surface area (TPSA) is 78.9 Å². The first-order valence-corrected chi connectivity index (χ1v) is 7.15. The first-order valence-electron chi connectivity index (χ1n) is 7.15. The summed E-state index contributed by atoms with van der Waals surface area (Å²) in [5, 5.41) is 0. The van der Waals surface area contributed by atoms with Gasteiger partial charge in [-0.3, -0.25) is 4.79 Å². The van der Waals surface area contributed by atoms with Crippen LogP contribution in [0.4, 0.5) is 0 Å². The maximum Gasteiger partial charge on any atom is 0.351 e. The van der Waals surface area contributed by atoms with E-state index in [0.717, 1.165) is 0 Å². The molecule has 2 aliphatic rings. The number of cyclic esters (lactones) is 2. The molecular weight excluding hydrogens is 276 g/mol. The Morgan fingerprint density at radius 1 is 1.33 bits per heavy atom. The van der Waals surface area contributed by atoms with Crippen molar-refractivity contribution >= 4 is 17.7 Å². The fraction of sp³-hybridized carbons (Fsp3) is 0.800. The zero-order valence-electron chi connectivity index (χ0n) is 12.9. The molecule has 0 aromatic heterocycles. The zero-order valence-corrected chi connectivity index (χ0v) is 12.9. The van der Waals surface area contributed by atoms with Gasteiger partial charge in [-0.15, -0.1) is 0 Å². The van der Waals surface area contributed by atoms with Gasteiger partial charge in [0, 0.05) is 31.3 Å². The molecule has 1 saturated heterocycles. The van der Waals surface area contributed by atoms with Crippen molar-refractivity contribution in [1.82, 2.24) is 0 Å². The van der Waals surface area contributed by atoms with Crippen LogP contribution in [0.25, 0.3) is 0 Å². The Morgan fingerprint density at radius 3 is 2.52 bits per heavy atom. The van der Waals surface area contributed by atoms with Gasteiger partial charge in [0.1, 0.15) is 5.78 Å². The van der Waals surface area contributed by atoms with Crippen LogP contribution in [-0.2, 0) is 28.6 Å². The van der Waals surface area contributed by atoms with Gasteiger partial charge in [-0.1, -0.05) is 13.8 Å². The smallest absolute Gasteiger partial charge is 0.351 e. The fourth-order valence-corrected chi connectivity index (χ4v) is 3.04. The number of rotatable bonds is 4. The molecule has 1 aliphatic heterocycles. The molecule has 0 N–H and O–H groups in total. The fourth-order valence-electron chi connectivity index (χ4n) is 3.04. The van der Waals surface area contributed by atoms with E-state index in [-0.39, 0.29) is 24.7 Å². The maximum absolute atomic E-state index is 12.4. The summed E-state index contributed by atoms with van der Waals surface area (Å²) in [5.74, 6) is -1.35. The molecule has 3 atom stereocenters. The van der Waals surface area contributed by atoms with E-state index in [4.69, 9.17) is 14.2 Å². The Labute approximate surface area is 124 Å². The number of carbonyl (C=O) groups is 3. The van der Waals surface area contributed by atoms with Crippen LogP contribution in [0.15, 0.2) is 0 Å². The van der Waals surface area contributed by atoms with Crippen molar-refractivity contribution in [2.24, 2.45) is 11.3 Å². The van der Waals surface area contributed by atoms with Crippen LogP contribution in [0.2, 0.25) is 0 Å². The predicted molar refractivity (Wildman–Crippen MR) is 72.4 cm³/mol. The van der Waals surface area contributed by atoms with Crippen molar-refractivity contribution in [3.63, 3.8) is 0 Å². The quantitative estimate of drug-likeness (QED) is 0.727. The second-order valence-electron chi connectivity index (χ2n) is 6.71. The molecule has 1 saturated carbocycles. The largest absolute Gasteiger partial charge is 0.447 e. The van der Waals surface area contributed by atoms with E-state index >= 15 is 0 Å². The lowest BCUT2D eigenvalue weighted by Gasteiger charge is -2.42. The molecule has 6 heteroatoms. The van der Waals surface area contributed by atoms with Gasteiger partial charge < -0.3 is 14.2 Å². The molecule has 21 heavy (non-hydrogen) atoms. The number of Topliss-reactive ketones (excluding diaryl/α,β-unsaturated/α-hetero) is 1. The number of methoxy groups -OCH3 is 1. The lowest BCUT2D eigenvalue weighted by atomic mass is 9.83. The van der Waals surface area contributed by atoms with E-state index in [1.807, 2.05) is 0 Å². The van der Waals surface area contributed by atoms with E-state index in [9.17, 15) is 14.4 Å². The number of ketones is 1. The average molecular weight is 298 g/mol. The number of hydrogen-bond acceptors (Lipinski definition) is 6. The van der Waals surface area contributed by atoms with Crippen molar-refractivity contribution < 1.29 is 28.6 Å². The minimum atomic E-state index is -1.36. The molecule has 6 nitrogen and oxygen atoms in total. The molecule has 118 valence electrons. The lowest BCUT2D eigenvalue weighted by Crippen LogP contribution is -2.59. The third kappa shape index (κ3) is 2.81. The van der Waals surface area contributed by atoms with Gasteiger partial charge >= 0.3 is 11.9 Å². The Kier molecular flexibility index (Phi) is 4.10. The van der Waals surface area contributed by atoms with Crippen molar-refractivity contribution in [2.75, 3.05) is 13.7 Å². The van der Waals surface area contributed by atoms with Gasteiger partial charge in [0.2, 0.25) is 11.7 Å². The Hall–Kier alpha value is -1.43. The van der Waals surface area contributed by atoms with Crippen molar-refractivity contribution in [2.45, 2.75) is 51.7 Å². The SMILES string of the molecule is COCC(C)(C)[C@H]1OC(=O)[C@](C)([C@H]2CCC(=O)C2)OC1=O. The monoisotopic (exact) mass is 298 g/mol. The van der Waals surface area contributed by atoms with Crippen LogP contribution < -0.4 is 0 Å². The summed E-state index contributed by atoms with van der Waals surface area (Å²) < 4.78 is 15.9. The number of hydrogen-bond donors (Lipinski definition) is 0. The second kappa shape index (κ2) is 5.40. The molecule has 2 rings (SSSR count). The van der Waals surface area contributed by atoms with Gasteiger partial charge in [0.15, 0.2) is 0 Å². The summed E-state index contributed by atoms with van der Waals surface area (Å²) >= 11 is 0. The Morgan fingerprint density at radius 2 is 2.00 bits per heavy atom. The molecule has 0 aromatic carbocycles. The summed E-state index contributed by atoms with van der Waals surface area (Å²) in [4.78, 5) is 36.1. The highest BCUT2D eigenvalue weighted by Gasteiger charge is 2.56. The first kappa shape index (κ1) is 15.9. The normalized spacial score (nSPS) is 33.8. The van der Waals surface area contributed by atoms with Gasteiger partial charge in [-0.05, 0) is 13.3 Å². The van der Waals surface area contributed by atoms with Crippen LogP contribution >= 0.6 is 0 Å². The van der Waals surface area contributed by atoms with E-state index in [2.05, 4.69) is 0 Å². The highest BCUT2D eigenvalue weighted by atomic mass is 16.7. The van der Waals surface area contributed by atoms with E-state index in [1.165, 1.54) is 14.0 Å². The van der Waals surface area contributed by atoms with Crippen LogP contribution in [-0.4, -0.2) is 43.1 Å². The van der Waals surface area contributed by atoms with Crippen molar-refractivity contribution in [3.05, 3.63) is 0 Å². The maximum atomic E-state index is 12.4. The van der Waals surface area contributed by atoms with E-state index < -0.39 is 29.1 Å². The Bertz CT molecular complexity index is 469. The molecule has 1 heterocycles. The number of ether oxygens (including phenoxy) is 3. The van der Waals surface area contributed by atoms with E-state index in [0.29, 0.717) is 12.8 Å². The van der Waals surface area contributed by atoms with E-state index in [1.54, 1.807) is 13.8 Å². The molecule has 0 unspecified atom stereocenters. The first-order chi connectivity index (χ1) is 9.70. The molecule has 0 spiro atoms. The third-order valence-corrected chi connectivity index (χ3v) is 4.41. The molecule has 0 amide bonds. The second-order valence-corrected chi connectivity index (χ2v) is 6.71. The summed E-state index contributed by atoms with van der Waals surface area (Å²) in [6.07, 6.45) is 0.230. The van der Waals surface area contributed by atoms with Gasteiger partial charge in [0.05, 0.1) is 6.61 Å². The lowest BCUT2D eigenvalue weighted by molar-refractivity contribution is -0.225. The van der Waals surface area contributed by atoms with Crippen LogP contribution in [0.3, 0.4) is 0 Å². The summed E-state index contributed by atoms with van der Waals surface area (Å²) in [6.45, 7) is 5.35. The average Bonchev–Trinajstić information content (AvgIpc) is 2.81. The molecule has 1 aliphatic carbocycles. The van der Waals surface area contributed by atoms with Gasteiger partial charge in [0.25, 0.3) is 0 Å². The highest BCUT2D eigenvalue weighted by Crippen LogP contribution is 2.40. The predicted octanol–water partition coefficient (Wildman–Crippen LogP) is 1.26. The molecule has 0 radical (unpaired) electrons. The highest BCUT2D eigenvalue weighted by molar-refractivity contribution is 5.92. The molecule has 0 bridgehead atoms. The van der Waals surface area contributed by atoms with Crippen LogP contribution in [0.5, 0.6) is 0 Å². The zero-order chi connectivity index (χ0) is 15.8. The summed E-state index contributed by atoms with van der Waals surface area (Å²) in [5.41, 5.74) is -2.03. The summed E-state index contributed by atoms with van der Waals surface area (Å²) in [6, 6.07) is 0. The minimum absolute atomic E-state index is 0.0897. The number of carbonyl (C=O) groups excluding carboxylic acids is 3. The Balaban J connectivity index is 2.17. The third-order valence-electron chi connectivity index (χ3n) is 4.41. The van der Waals surface area contributed by atoms with Crippen LogP contribution in [0, 0.1) is 11.3 Å². The van der Waals surface area contributed by atoms with Crippen LogP contribution in [0.1, 0.15) is 40.0 Å². The minimum Gasteiger partial charge on any atom is -0.447 e. The van der Waals surface area contributed by atoms with Crippen molar-refractivity contribution in [3.8, 4) is 0 Å². The number of esters is 2. The van der Waals surface area contributed by atoms with Gasteiger partial charge in [-0.2, -0.15) is 0 Å². The molecular formula is C15H22O6. The van der Waals surface area contributed by atoms with Crippen molar-refractivity contribution in [1.29, 1.82) is 0 Å². The summed E-state index contributed by atoms with van der Waals surface area (Å²) in [7, 11) is 1.52. The molecule has 2 fully saturated rings. The standard InChI is InChI=1S/C15H22O6/c1-14(2,8-19-4)11-12(17)21-15(3,13(18)20-11)9-5-6-10(16)7-9/h9,11H,5-8H2,1-4H3/t9-,11-,15-/m0/s1.